The van der Waals surface area contributed by atoms with Gasteiger partial charge in [0.05, 0.1) is 17.7 Å². The first-order valence-electron chi connectivity index (χ1n) is 5.85. The summed E-state index contributed by atoms with van der Waals surface area (Å²) >= 11 is 0. The smallest absolute Gasteiger partial charge is 0.254 e. The summed E-state index contributed by atoms with van der Waals surface area (Å²) in [5, 5.41) is 0. The molecule has 3 N–H and O–H groups in total. The van der Waals surface area contributed by atoms with Gasteiger partial charge in [-0.3, -0.25) is 15.1 Å². The number of nitrogens with zero attached hydrogens (tertiary/aromatic N) is 1. The van der Waals surface area contributed by atoms with Gasteiger partial charge in [0.1, 0.15) is 0 Å². The zero-order valence-electron chi connectivity index (χ0n) is 10.6. The van der Waals surface area contributed by atoms with Crippen LogP contribution in [-0.4, -0.2) is 41.6 Å². The lowest BCUT2D eigenvalue weighted by Gasteiger charge is -2.45. The predicted molar refractivity (Wildman–Crippen MR) is 62.6 cm³/mol. The largest absolute Gasteiger partial charge is 0.373 e. The van der Waals surface area contributed by atoms with Crippen LogP contribution in [0.3, 0.4) is 0 Å². The molecule has 3 atom stereocenters. The highest BCUT2D eigenvalue weighted by Crippen LogP contribution is 2.24. The molecular weight excluding hydrogens is 206 g/mol. The molecule has 0 aromatic rings. The predicted octanol–water partition coefficient (Wildman–Crippen LogP) is 0.254. The summed E-state index contributed by atoms with van der Waals surface area (Å²) in [6, 6.07) is 0. The van der Waals surface area contributed by atoms with E-state index in [9.17, 15) is 4.79 Å². The van der Waals surface area contributed by atoms with Gasteiger partial charge in [-0.05, 0) is 27.2 Å². The first-order chi connectivity index (χ1) is 7.43. The summed E-state index contributed by atoms with van der Waals surface area (Å²) < 4.78 is 5.66. The van der Waals surface area contributed by atoms with Gasteiger partial charge in [0.25, 0.3) is 5.91 Å². The lowest BCUT2D eigenvalue weighted by Crippen LogP contribution is -2.63. The number of hydrogen-bond acceptors (Lipinski definition) is 4. The topological polar surface area (TPSA) is 67.6 Å². The number of hydrazine groups is 1. The Morgan fingerprint density at radius 2 is 2.00 bits per heavy atom. The van der Waals surface area contributed by atoms with Crippen LogP contribution >= 0.6 is 0 Å². The fourth-order valence-electron chi connectivity index (χ4n) is 2.26. The number of morpholine rings is 1. The van der Waals surface area contributed by atoms with Crippen LogP contribution in [0.15, 0.2) is 0 Å². The average Bonchev–Trinajstić information content (AvgIpc) is 2.25. The van der Waals surface area contributed by atoms with E-state index in [4.69, 9.17) is 10.6 Å². The number of rotatable bonds is 3. The SMILES string of the molecule is CC[C@](C)(C(=O)NN)N1C[C@@H](C)O[C@@H](C)C1. The molecule has 1 amide bonds. The Kier molecular flexibility index (Phi) is 4.29. The number of carbonyl (C=O) groups is 1. The Morgan fingerprint density at radius 1 is 1.50 bits per heavy atom. The van der Waals surface area contributed by atoms with Gasteiger partial charge in [-0.1, -0.05) is 6.92 Å². The number of hydrogen-bond donors (Lipinski definition) is 2. The second-order valence-corrected chi connectivity index (χ2v) is 4.76. The third kappa shape index (κ3) is 2.53. The minimum absolute atomic E-state index is 0.128. The highest BCUT2D eigenvalue weighted by molar-refractivity contribution is 5.85. The van der Waals surface area contributed by atoms with Crippen LogP contribution in [0.4, 0.5) is 0 Å². The standard InChI is InChI=1S/C11H23N3O2/c1-5-11(4,10(15)13-12)14-6-8(2)16-9(3)7-14/h8-9H,5-7,12H2,1-4H3,(H,13,15)/t8-,9+,11-/m1/s1. The highest BCUT2D eigenvalue weighted by Gasteiger charge is 2.40. The third-order valence-electron chi connectivity index (χ3n) is 3.43. The minimum atomic E-state index is -0.541. The number of amides is 1. The van der Waals surface area contributed by atoms with Crippen molar-refractivity contribution in [2.75, 3.05) is 13.1 Å². The van der Waals surface area contributed by atoms with Crippen LogP contribution in [0.25, 0.3) is 0 Å². The Hall–Kier alpha value is -0.650. The van der Waals surface area contributed by atoms with Crippen molar-refractivity contribution >= 4 is 5.91 Å². The molecule has 1 aliphatic rings. The van der Waals surface area contributed by atoms with Crippen molar-refractivity contribution < 1.29 is 9.53 Å². The van der Waals surface area contributed by atoms with Crippen molar-refractivity contribution in [2.45, 2.75) is 51.9 Å². The minimum Gasteiger partial charge on any atom is -0.373 e. The summed E-state index contributed by atoms with van der Waals surface area (Å²) in [6.45, 7) is 9.52. The lowest BCUT2D eigenvalue weighted by molar-refractivity contribution is -0.143. The molecule has 0 bridgehead atoms. The Balaban J connectivity index is 2.83. The van der Waals surface area contributed by atoms with Crippen molar-refractivity contribution in [1.82, 2.24) is 10.3 Å². The van der Waals surface area contributed by atoms with E-state index in [1.165, 1.54) is 0 Å². The molecule has 1 saturated heterocycles. The quantitative estimate of drug-likeness (QED) is 0.414. The van der Waals surface area contributed by atoms with Gasteiger partial charge in [0.15, 0.2) is 0 Å². The van der Waals surface area contributed by atoms with E-state index < -0.39 is 5.54 Å². The molecule has 16 heavy (non-hydrogen) atoms. The van der Waals surface area contributed by atoms with Crippen molar-refractivity contribution in [3.63, 3.8) is 0 Å². The van der Waals surface area contributed by atoms with Crippen LogP contribution in [-0.2, 0) is 9.53 Å². The summed E-state index contributed by atoms with van der Waals surface area (Å²) in [5.41, 5.74) is 1.72. The third-order valence-corrected chi connectivity index (χ3v) is 3.43. The Labute approximate surface area is 97.3 Å². The van der Waals surface area contributed by atoms with Crippen molar-refractivity contribution in [3.05, 3.63) is 0 Å². The summed E-state index contributed by atoms with van der Waals surface area (Å²) in [5.74, 6) is 5.12. The van der Waals surface area contributed by atoms with Gasteiger partial charge in [0, 0.05) is 13.1 Å². The van der Waals surface area contributed by atoms with E-state index in [2.05, 4.69) is 10.3 Å². The fraction of sp³-hybridized carbons (Fsp3) is 0.909. The second kappa shape index (κ2) is 5.12. The van der Waals surface area contributed by atoms with E-state index in [-0.39, 0.29) is 18.1 Å². The van der Waals surface area contributed by atoms with E-state index in [1.807, 2.05) is 27.7 Å². The van der Waals surface area contributed by atoms with Crippen molar-refractivity contribution in [2.24, 2.45) is 5.84 Å². The molecule has 1 fully saturated rings. The van der Waals surface area contributed by atoms with Crippen molar-refractivity contribution in [1.29, 1.82) is 0 Å². The molecule has 1 rings (SSSR count). The van der Waals surface area contributed by atoms with Crippen LogP contribution in [0.2, 0.25) is 0 Å². The zero-order valence-corrected chi connectivity index (χ0v) is 10.6. The summed E-state index contributed by atoms with van der Waals surface area (Å²) in [4.78, 5) is 14.0. The number of carbonyl (C=O) groups excluding carboxylic acids is 1. The Bertz CT molecular complexity index is 250. The molecule has 0 aliphatic carbocycles. The molecule has 1 heterocycles. The molecule has 5 heteroatoms. The lowest BCUT2D eigenvalue weighted by atomic mass is 9.93. The van der Waals surface area contributed by atoms with Crippen molar-refractivity contribution in [3.8, 4) is 0 Å². The van der Waals surface area contributed by atoms with Gasteiger partial charge in [-0.25, -0.2) is 5.84 Å². The van der Waals surface area contributed by atoms with Crippen LogP contribution in [0.5, 0.6) is 0 Å². The monoisotopic (exact) mass is 229 g/mol. The average molecular weight is 229 g/mol. The molecule has 0 aromatic carbocycles. The summed E-state index contributed by atoms with van der Waals surface area (Å²) in [6.07, 6.45) is 1.04. The number of nitrogens with one attached hydrogen (secondary N) is 1. The molecule has 0 radical (unpaired) electrons. The normalized spacial score (nSPS) is 30.8. The molecule has 0 spiro atoms. The first kappa shape index (κ1) is 13.4. The fourth-order valence-corrected chi connectivity index (χ4v) is 2.26. The maximum Gasteiger partial charge on any atom is 0.254 e. The highest BCUT2D eigenvalue weighted by atomic mass is 16.5. The molecule has 0 saturated carbocycles. The van der Waals surface area contributed by atoms with Gasteiger partial charge >= 0.3 is 0 Å². The Morgan fingerprint density at radius 3 is 2.38 bits per heavy atom. The van der Waals surface area contributed by atoms with E-state index in [0.717, 1.165) is 19.5 Å². The molecule has 5 nitrogen and oxygen atoms in total. The van der Waals surface area contributed by atoms with Crippen LogP contribution in [0, 0.1) is 0 Å². The maximum absolute atomic E-state index is 11.9. The molecular formula is C11H23N3O2. The van der Waals surface area contributed by atoms with Gasteiger partial charge in [-0.2, -0.15) is 0 Å². The first-order valence-corrected chi connectivity index (χ1v) is 5.85. The van der Waals surface area contributed by atoms with E-state index in [0.29, 0.717) is 0 Å². The summed E-state index contributed by atoms with van der Waals surface area (Å²) in [7, 11) is 0. The van der Waals surface area contributed by atoms with Crippen LogP contribution in [0.1, 0.15) is 34.1 Å². The van der Waals surface area contributed by atoms with E-state index >= 15 is 0 Å². The van der Waals surface area contributed by atoms with Gasteiger partial charge in [-0.15, -0.1) is 0 Å². The number of nitrogens with two attached hydrogens (primary N) is 1. The molecule has 0 unspecified atom stereocenters. The molecule has 94 valence electrons. The maximum atomic E-state index is 11.9. The molecule has 1 aliphatic heterocycles. The van der Waals surface area contributed by atoms with E-state index in [1.54, 1.807) is 0 Å². The zero-order chi connectivity index (χ0) is 12.3. The second-order valence-electron chi connectivity index (χ2n) is 4.76. The van der Waals surface area contributed by atoms with Gasteiger partial charge < -0.3 is 4.74 Å². The van der Waals surface area contributed by atoms with Gasteiger partial charge in [0.2, 0.25) is 0 Å². The molecule has 0 aromatic heterocycles. The van der Waals surface area contributed by atoms with Crippen LogP contribution < -0.4 is 11.3 Å². The number of ether oxygens (including phenoxy) is 1.